The molecule has 10 nitrogen and oxygen atoms in total. The second-order valence-corrected chi connectivity index (χ2v) is 7.93. The quantitative estimate of drug-likeness (QED) is 0.359. The molecule has 4 N–H and O–H groups in total. The van der Waals surface area contributed by atoms with Gasteiger partial charge in [-0.15, -0.1) is 0 Å². The molecule has 168 valence electrons. The number of aromatic nitrogens is 4. The molecule has 10 heteroatoms. The fraction of sp³-hybridized carbons (Fsp3) is 0.217. The molecule has 0 bridgehead atoms. The van der Waals surface area contributed by atoms with E-state index in [-0.39, 0.29) is 12.5 Å². The molecule has 1 fully saturated rings. The molecule has 4 aromatic rings. The first kappa shape index (κ1) is 20.7. The molecule has 1 amide bonds. The van der Waals surface area contributed by atoms with E-state index in [4.69, 9.17) is 5.11 Å². The fourth-order valence-corrected chi connectivity index (χ4v) is 3.96. The van der Waals surface area contributed by atoms with Gasteiger partial charge in [0, 0.05) is 43.5 Å². The first-order valence-corrected chi connectivity index (χ1v) is 10.7. The summed E-state index contributed by atoms with van der Waals surface area (Å²) in [5.74, 6) is 0.00186. The molecule has 0 unspecified atom stereocenters. The van der Waals surface area contributed by atoms with Crippen molar-refractivity contribution in [3.05, 3.63) is 60.2 Å². The third kappa shape index (κ3) is 4.55. The van der Waals surface area contributed by atoms with E-state index in [0.717, 1.165) is 29.8 Å². The van der Waals surface area contributed by atoms with E-state index in [0.29, 0.717) is 36.0 Å². The first-order valence-electron chi connectivity index (χ1n) is 10.7. The molecule has 0 atom stereocenters. The lowest BCUT2D eigenvalue weighted by Crippen LogP contribution is -2.47. The Hall–Kier alpha value is -4.18. The van der Waals surface area contributed by atoms with E-state index in [1.54, 1.807) is 18.2 Å². The van der Waals surface area contributed by atoms with Crippen molar-refractivity contribution in [2.45, 2.75) is 0 Å². The second-order valence-electron chi connectivity index (χ2n) is 7.93. The summed E-state index contributed by atoms with van der Waals surface area (Å²) in [6, 6.07) is 16.9. The second kappa shape index (κ2) is 8.75. The molecular weight excluding hydrogens is 422 g/mol. The van der Waals surface area contributed by atoms with Crippen LogP contribution in [0.15, 0.2) is 54.6 Å². The molecule has 0 radical (unpaired) electrons. The van der Waals surface area contributed by atoms with E-state index in [2.05, 4.69) is 30.4 Å². The van der Waals surface area contributed by atoms with Crippen molar-refractivity contribution in [3.63, 3.8) is 0 Å². The number of carbonyl (C=O) groups excluding carboxylic acids is 1. The number of aromatic amines is 2. The Morgan fingerprint density at radius 1 is 1.03 bits per heavy atom. The van der Waals surface area contributed by atoms with Gasteiger partial charge in [-0.05, 0) is 36.4 Å². The van der Waals surface area contributed by atoms with E-state index >= 15 is 0 Å². The highest BCUT2D eigenvalue weighted by molar-refractivity contribution is 6.04. The number of rotatable bonds is 6. The van der Waals surface area contributed by atoms with Gasteiger partial charge in [0.1, 0.15) is 5.69 Å². The normalized spacial score (nSPS) is 14.5. The number of H-pyrrole nitrogens is 2. The molecule has 1 aliphatic rings. The topological polar surface area (TPSA) is 130 Å². The molecule has 2 aromatic heterocycles. The maximum atomic E-state index is 12.7. The fourth-order valence-electron chi connectivity index (χ4n) is 3.96. The number of fused-ring (bicyclic) bond motifs is 1. The number of hydrogen-bond donors (Lipinski definition) is 4. The average molecular weight is 445 g/mol. The number of imidazole rings is 1. The summed E-state index contributed by atoms with van der Waals surface area (Å²) in [6.45, 7) is 2.95. The van der Waals surface area contributed by atoms with Crippen LogP contribution in [0.3, 0.4) is 0 Å². The monoisotopic (exact) mass is 445 g/mol. The third-order valence-corrected chi connectivity index (χ3v) is 5.69. The van der Waals surface area contributed by atoms with Gasteiger partial charge in [0.2, 0.25) is 0 Å². The minimum atomic E-state index is -0.805. The molecule has 3 heterocycles. The SMILES string of the molecule is O=C(O)CN1CCN(c2ccc(C(=O)Nc3cc(-c4nc5ccccc5[nH]4)[nH]n3)cc2)CC1. The van der Waals surface area contributed by atoms with Crippen molar-refractivity contribution in [2.75, 3.05) is 42.9 Å². The van der Waals surface area contributed by atoms with Crippen LogP contribution in [-0.4, -0.2) is 74.8 Å². The van der Waals surface area contributed by atoms with Crippen LogP contribution in [0.2, 0.25) is 0 Å². The number of carbonyl (C=O) groups is 2. The lowest BCUT2D eigenvalue weighted by atomic mass is 10.1. The van der Waals surface area contributed by atoms with Gasteiger partial charge in [0.25, 0.3) is 5.91 Å². The largest absolute Gasteiger partial charge is 0.480 e. The van der Waals surface area contributed by atoms with Gasteiger partial charge >= 0.3 is 5.97 Å². The molecular formula is C23H23N7O3. The zero-order chi connectivity index (χ0) is 22.8. The predicted molar refractivity (Wildman–Crippen MR) is 124 cm³/mol. The number of nitrogens with zero attached hydrogens (tertiary/aromatic N) is 4. The number of benzene rings is 2. The number of anilines is 2. The highest BCUT2D eigenvalue weighted by Gasteiger charge is 2.19. The molecule has 33 heavy (non-hydrogen) atoms. The highest BCUT2D eigenvalue weighted by atomic mass is 16.4. The van der Waals surface area contributed by atoms with Crippen LogP contribution in [0.25, 0.3) is 22.6 Å². The zero-order valence-corrected chi connectivity index (χ0v) is 17.8. The van der Waals surface area contributed by atoms with E-state index in [9.17, 15) is 9.59 Å². The maximum Gasteiger partial charge on any atom is 0.317 e. The van der Waals surface area contributed by atoms with Gasteiger partial charge in [-0.25, -0.2) is 4.98 Å². The van der Waals surface area contributed by atoms with Gasteiger partial charge in [-0.1, -0.05) is 12.1 Å². The Morgan fingerprint density at radius 2 is 1.79 bits per heavy atom. The lowest BCUT2D eigenvalue weighted by molar-refractivity contribution is -0.138. The number of nitrogens with one attached hydrogen (secondary N) is 3. The van der Waals surface area contributed by atoms with Crippen molar-refractivity contribution in [1.82, 2.24) is 25.1 Å². The highest BCUT2D eigenvalue weighted by Crippen LogP contribution is 2.22. The smallest absolute Gasteiger partial charge is 0.317 e. The number of hydrogen-bond acceptors (Lipinski definition) is 6. The third-order valence-electron chi connectivity index (χ3n) is 5.69. The minimum absolute atomic E-state index is 0.0677. The number of piperazine rings is 1. The summed E-state index contributed by atoms with van der Waals surface area (Å²) in [5, 5.41) is 18.8. The van der Waals surface area contributed by atoms with E-state index < -0.39 is 5.97 Å². The number of carboxylic acid groups (broad SMARTS) is 1. The Bertz CT molecular complexity index is 1250. The number of amides is 1. The molecule has 2 aromatic carbocycles. The van der Waals surface area contributed by atoms with E-state index in [1.165, 1.54) is 0 Å². The Labute approximate surface area is 189 Å². The summed E-state index contributed by atoms with van der Waals surface area (Å²) in [4.78, 5) is 35.4. The summed E-state index contributed by atoms with van der Waals surface area (Å²) in [6.07, 6.45) is 0. The summed E-state index contributed by atoms with van der Waals surface area (Å²) < 4.78 is 0. The zero-order valence-electron chi connectivity index (χ0n) is 17.8. The van der Waals surface area contributed by atoms with E-state index in [1.807, 2.05) is 41.3 Å². The summed E-state index contributed by atoms with van der Waals surface area (Å²) >= 11 is 0. The van der Waals surface area contributed by atoms with Gasteiger partial charge in [-0.2, -0.15) is 5.10 Å². The van der Waals surface area contributed by atoms with Crippen molar-refractivity contribution in [1.29, 1.82) is 0 Å². The minimum Gasteiger partial charge on any atom is -0.480 e. The van der Waals surface area contributed by atoms with Gasteiger partial charge < -0.3 is 20.3 Å². The first-order chi connectivity index (χ1) is 16.0. The van der Waals surface area contributed by atoms with Crippen LogP contribution in [0.4, 0.5) is 11.5 Å². The van der Waals surface area contributed by atoms with Crippen LogP contribution in [-0.2, 0) is 4.79 Å². The number of aliphatic carboxylic acids is 1. The van der Waals surface area contributed by atoms with Gasteiger partial charge in [-0.3, -0.25) is 19.6 Å². The Balaban J connectivity index is 1.21. The average Bonchev–Trinajstić information content (AvgIpc) is 3.46. The van der Waals surface area contributed by atoms with Crippen molar-refractivity contribution in [2.24, 2.45) is 0 Å². The summed E-state index contributed by atoms with van der Waals surface area (Å²) in [5.41, 5.74) is 4.00. The van der Waals surface area contributed by atoms with Gasteiger partial charge in [0.05, 0.1) is 17.6 Å². The van der Waals surface area contributed by atoms with Crippen LogP contribution in [0.5, 0.6) is 0 Å². The molecule has 0 aliphatic carbocycles. The number of para-hydroxylation sites is 2. The van der Waals surface area contributed by atoms with Crippen molar-refractivity contribution >= 4 is 34.4 Å². The number of carboxylic acids is 1. The van der Waals surface area contributed by atoms with Crippen LogP contribution in [0, 0.1) is 0 Å². The van der Waals surface area contributed by atoms with Gasteiger partial charge in [0.15, 0.2) is 11.6 Å². The van der Waals surface area contributed by atoms with Crippen LogP contribution < -0.4 is 10.2 Å². The molecule has 0 spiro atoms. The Morgan fingerprint density at radius 3 is 2.52 bits per heavy atom. The van der Waals surface area contributed by atoms with Crippen molar-refractivity contribution in [3.8, 4) is 11.5 Å². The molecule has 5 rings (SSSR count). The van der Waals surface area contributed by atoms with Crippen LogP contribution in [0.1, 0.15) is 10.4 Å². The molecule has 1 aliphatic heterocycles. The predicted octanol–water partition coefficient (Wildman–Crippen LogP) is 2.41. The molecule has 0 saturated carbocycles. The maximum absolute atomic E-state index is 12.7. The summed E-state index contributed by atoms with van der Waals surface area (Å²) in [7, 11) is 0. The van der Waals surface area contributed by atoms with Crippen LogP contribution >= 0.6 is 0 Å². The standard InChI is InChI=1S/C23H23N7O3/c31-21(32)14-29-9-11-30(12-10-29)16-7-5-15(6-8-16)23(33)26-20-13-19(27-28-20)22-24-17-3-1-2-4-18(17)25-22/h1-8,13H,9-12,14H2,(H,24,25)(H,31,32)(H2,26,27,28,33). The van der Waals surface area contributed by atoms with Crippen molar-refractivity contribution < 1.29 is 14.7 Å². The Kier molecular flexibility index (Phi) is 5.49. The lowest BCUT2D eigenvalue weighted by Gasteiger charge is -2.35. The molecule has 1 saturated heterocycles.